The lowest BCUT2D eigenvalue weighted by Gasteiger charge is -2.02. The lowest BCUT2D eigenvalue weighted by atomic mass is 10.2. The summed E-state index contributed by atoms with van der Waals surface area (Å²) in [5, 5.41) is 6.24. The first-order valence-corrected chi connectivity index (χ1v) is 7.45. The molecule has 8 heteroatoms. The summed E-state index contributed by atoms with van der Waals surface area (Å²) in [7, 11) is 0. The van der Waals surface area contributed by atoms with Gasteiger partial charge < -0.3 is 0 Å². The van der Waals surface area contributed by atoms with Gasteiger partial charge in [-0.1, -0.05) is 23.7 Å². The zero-order valence-electron chi connectivity index (χ0n) is 11.1. The molecule has 0 saturated heterocycles. The van der Waals surface area contributed by atoms with Crippen LogP contribution in [0.5, 0.6) is 0 Å². The second kappa shape index (κ2) is 6.08. The van der Waals surface area contributed by atoms with Gasteiger partial charge in [-0.3, -0.25) is 14.0 Å². The molecule has 0 aliphatic rings. The van der Waals surface area contributed by atoms with Crippen molar-refractivity contribution < 1.29 is 4.79 Å². The van der Waals surface area contributed by atoms with E-state index in [1.54, 1.807) is 40.2 Å². The van der Waals surface area contributed by atoms with E-state index < -0.39 is 11.5 Å². The molecule has 1 N–H and O–H groups in total. The standard InChI is InChI=1S/C14H9ClN4O2S/c15-10-3-1-9(2-4-10)8-16-18-13(21)11-7-12(20)17-14-19(11)5-6-22-14/h1-8H,(H,18,21)/b16-8+. The number of hydrogen-bond donors (Lipinski definition) is 1. The first kappa shape index (κ1) is 14.4. The van der Waals surface area contributed by atoms with E-state index in [0.29, 0.717) is 9.98 Å². The van der Waals surface area contributed by atoms with Crippen molar-refractivity contribution in [3.8, 4) is 0 Å². The van der Waals surface area contributed by atoms with Crippen LogP contribution in [0.4, 0.5) is 0 Å². The van der Waals surface area contributed by atoms with Gasteiger partial charge in [0.25, 0.3) is 11.5 Å². The fourth-order valence-corrected chi connectivity index (χ4v) is 2.64. The van der Waals surface area contributed by atoms with Crippen LogP contribution in [-0.2, 0) is 0 Å². The summed E-state index contributed by atoms with van der Waals surface area (Å²) in [6.07, 6.45) is 3.16. The van der Waals surface area contributed by atoms with Gasteiger partial charge in [-0.05, 0) is 17.7 Å². The van der Waals surface area contributed by atoms with Gasteiger partial charge >= 0.3 is 0 Å². The van der Waals surface area contributed by atoms with Gasteiger partial charge in [0.05, 0.1) is 6.21 Å². The molecule has 0 unspecified atom stereocenters. The average Bonchev–Trinajstić information content (AvgIpc) is 2.96. The number of benzene rings is 1. The maximum Gasteiger partial charge on any atom is 0.288 e. The second-order valence-corrected chi connectivity index (χ2v) is 5.60. The minimum absolute atomic E-state index is 0.185. The molecule has 22 heavy (non-hydrogen) atoms. The summed E-state index contributed by atoms with van der Waals surface area (Å²) in [4.78, 5) is 27.9. The maximum atomic E-state index is 12.1. The molecule has 2 aromatic heterocycles. The maximum absolute atomic E-state index is 12.1. The Hall–Kier alpha value is -2.51. The third-order valence-corrected chi connectivity index (χ3v) is 3.81. The van der Waals surface area contributed by atoms with Crippen molar-refractivity contribution in [3.05, 3.63) is 68.5 Å². The van der Waals surface area contributed by atoms with Gasteiger partial charge in [0.15, 0.2) is 4.96 Å². The Labute approximate surface area is 133 Å². The van der Waals surface area contributed by atoms with Crippen molar-refractivity contribution >= 4 is 40.0 Å². The number of hydrogen-bond acceptors (Lipinski definition) is 5. The fourth-order valence-electron chi connectivity index (χ4n) is 1.80. The van der Waals surface area contributed by atoms with Crippen LogP contribution in [0.1, 0.15) is 16.1 Å². The molecule has 0 saturated carbocycles. The Morgan fingerprint density at radius 2 is 2.14 bits per heavy atom. The summed E-state index contributed by atoms with van der Waals surface area (Å²) < 4.78 is 1.54. The van der Waals surface area contributed by atoms with Crippen LogP contribution in [0.2, 0.25) is 5.02 Å². The van der Waals surface area contributed by atoms with E-state index >= 15 is 0 Å². The van der Waals surface area contributed by atoms with E-state index in [1.807, 2.05) is 0 Å². The van der Waals surface area contributed by atoms with Gasteiger partial charge in [-0.15, -0.1) is 11.3 Å². The number of fused-ring (bicyclic) bond motifs is 1. The van der Waals surface area contributed by atoms with E-state index in [9.17, 15) is 9.59 Å². The van der Waals surface area contributed by atoms with Crippen LogP contribution in [0.15, 0.2) is 51.8 Å². The number of rotatable bonds is 3. The number of thiazole rings is 1. The zero-order chi connectivity index (χ0) is 15.5. The lowest BCUT2D eigenvalue weighted by molar-refractivity contribution is 0.0948. The number of carbonyl (C=O) groups excluding carboxylic acids is 1. The summed E-state index contributed by atoms with van der Waals surface area (Å²) in [5.74, 6) is -0.488. The van der Waals surface area contributed by atoms with Crippen molar-refractivity contribution in [3.63, 3.8) is 0 Å². The largest absolute Gasteiger partial charge is 0.288 e. The smallest absolute Gasteiger partial charge is 0.287 e. The van der Waals surface area contributed by atoms with Crippen molar-refractivity contribution in [1.82, 2.24) is 14.8 Å². The van der Waals surface area contributed by atoms with E-state index in [2.05, 4.69) is 15.5 Å². The molecule has 0 fully saturated rings. The minimum atomic E-state index is -0.488. The predicted molar refractivity (Wildman–Crippen MR) is 85.9 cm³/mol. The van der Waals surface area contributed by atoms with Gasteiger partial charge in [0, 0.05) is 22.7 Å². The summed E-state index contributed by atoms with van der Waals surface area (Å²) in [6, 6.07) is 8.16. The van der Waals surface area contributed by atoms with Crippen molar-refractivity contribution in [2.75, 3.05) is 0 Å². The van der Waals surface area contributed by atoms with E-state index in [4.69, 9.17) is 11.6 Å². The molecule has 0 aliphatic heterocycles. The molecule has 0 aliphatic carbocycles. The number of aromatic nitrogens is 2. The van der Waals surface area contributed by atoms with Gasteiger partial charge in [0.2, 0.25) is 0 Å². The Morgan fingerprint density at radius 3 is 2.91 bits per heavy atom. The number of halogens is 1. The second-order valence-electron chi connectivity index (χ2n) is 4.29. The van der Waals surface area contributed by atoms with Crippen LogP contribution in [0.25, 0.3) is 4.96 Å². The SMILES string of the molecule is O=C(N/N=C/c1ccc(Cl)cc1)c1cc(=O)nc2sccn12. The fraction of sp³-hybridized carbons (Fsp3) is 0. The number of nitrogens with one attached hydrogen (secondary N) is 1. The third-order valence-electron chi connectivity index (χ3n) is 2.80. The van der Waals surface area contributed by atoms with E-state index in [1.165, 1.54) is 23.6 Å². The molecule has 0 radical (unpaired) electrons. The Balaban J connectivity index is 1.80. The molecule has 3 rings (SSSR count). The van der Waals surface area contributed by atoms with E-state index in [-0.39, 0.29) is 5.69 Å². The molecule has 6 nitrogen and oxygen atoms in total. The van der Waals surface area contributed by atoms with Crippen LogP contribution in [-0.4, -0.2) is 21.5 Å². The van der Waals surface area contributed by atoms with Crippen molar-refractivity contribution in [2.45, 2.75) is 0 Å². The molecular formula is C14H9ClN4O2S. The number of amides is 1. The van der Waals surface area contributed by atoms with Crippen LogP contribution in [0, 0.1) is 0 Å². The Kier molecular flexibility index (Phi) is 3.99. The molecule has 0 bridgehead atoms. The number of nitrogens with zero attached hydrogens (tertiary/aromatic N) is 3. The number of hydrazone groups is 1. The monoisotopic (exact) mass is 332 g/mol. The van der Waals surface area contributed by atoms with Gasteiger partial charge in [0.1, 0.15) is 5.69 Å². The van der Waals surface area contributed by atoms with Gasteiger partial charge in [-0.25, -0.2) is 5.43 Å². The first-order valence-electron chi connectivity index (χ1n) is 6.19. The molecule has 110 valence electrons. The quantitative estimate of drug-likeness (QED) is 0.590. The van der Waals surface area contributed by atoms with Crippen molar-refractivity contribution in [2.24, 2.45) is 5.10 Å². The molecule has 3 aromatic rings. The normalized spacial score (nSPS) is 11.1. The minimum Gasteiger partial charge on any atom is -0.287 e. The molecular weight excluding hydrogens is 324 g/mol. The first-order chi connectivity index (χ1) is 10.6. The zero-order valence-corrected chi connectivity index (χ0v) is 12.6. The van der Waals surface area contributed by atoms with Crippen LogP contribution in [0.3, 0.4) is 0 Å². The average molecular weight is 333 g/mol. The van der Waals surface area contributed by atoms with E-state index in [0.717, 1.165) is 5.56 Å². The molecule has 0 atom stereocenters. The summed E-state index contributed by atoms with van der Waals surface area (Å²) in [6.45, 7) is 0. The van der Waals surface area contributed by atoms with Crippen molar-refractivity contribution in [1.29, 1.82) is 0 Å². The van der Waals surface area contributed by atoms with Gasteiger partial charge in [-0.2, -0.15) is 10.1 Å². The highest BCUT2D eigenvalue weighted by molar-refractivity contribution is 7.15. The Morgan fingerprint density at radius 1 is 1.36 bits per heavy atom. The van der Waals surface area contributed by atoms with Crippen LogP contribution >= 0.6 is 22.9 Å². The lowest BCUT2D eigenvalue weighted by Crippen LogP contribution is -2.23. The highest BCUT2D eigenvalue weighted by Crippen LogP contribution is 2.09. The predicted octanol–water partition coefficient (Wildman–Crippen LogP) is 2.17. The Bertz CT molecular complexity index is 914. The molecule has 2 heterocycles. The molecule has 1 amide bonds. The molecule has 0 spiro atoms. The summed E-state index contributed by atoms with van der Waals surface area (Å²) in [5.41, 5.74) is 2.90. The highest BCUT2D eigenvalue weighted by Gasteiger charge is 2.11. The third kappa shape index (κ3) is 3.05. The van der Waals surface area contributed by atoms with Crippen LogP contribution < -0.4 is 11.0 Å². The number of carbonyl (C=O) groups is 1. The highest BCUT2D eigenvalue weighted by atomic mass is 35.5. The topological polar surface area (TPSA) is 75.8 Å². The molecule has 1 aromatic carbocycles. The summed E-state index contributed by atoms with van der Waals surface area (Å²) >= 11 is 7.06.